The molecule has 0 heterocycles. The van der Waals surface area contributed by atoms with E-state index in [2.05, 4.69) is 42.6 Å². The van der Waals surface area contributed by atoms with Crippen LogP contribution in [0.1, 0.15) is 18.9 Å². The Kier molecular flexibility index (Phi) is 5.30. The zero-order chi connectivity index (χ0) is 13.3. The van der Waals surface area contributed by atoms with Gasteiger partial charge in [-0.1, -0.05) is 49.4 Å². The van der Waals surface area contributed by atoms with Crippen molar-refractivity contribution in [1.29, 1.82) is 0 Å². The van der Waals surface area contributed by atoms with E-state index in [1.165, 1.54) is 5.56 Å². The van der Waals surface area contributed by atoms with Gasteiger partial charge in [-0.15, -0.1) is 0 Å². The lowest BCUT2D eigenvalue weighted by atomic mass is 10.1. The molecule has 0 aromatic heterocycles. The van der Waals surface area contributed by atoms with Crippen LogP contribution in [-0.2, 0) is 6.42 Å². The highest BCUT2D eigenvalue weighted by Crippen LogP contribution is 2.23. The third-order valence-electron chi connectivity index (χ3n) is 2.92. The number of ether oxygens (including phenoxy) is 1. The fourth-order valence-corrected chi connectivity index (χ4v) is 1.94. The highest BCUT2D eigenvalue weighted by molar-refractivity contribution is 5.56. The van der Waals surface area contributed by atoms with Gasteiger partial charge in [0, 0.05) is 6.54 Å². The molecule has 0 spiro atoms. The van der Waals surface area contributed by atoms with Crippen LogP contribution in [0.25, 0.3) is 0 Å². The van der Waals surface area contributed by atoms with Crippen LogP contribution < -0.4 is 10.1 Å². The molecule has 2 nitrogen and oxygen atoms in total. The number of benzene rings is 2. The van der Waals surface area contributed by atoms with Crippen LogP contribution in [0.4, 0.5) is 5.69 Å². The van der Waals surface area contributed by atoms with Crippen molar-refractivity contribution in [2.24, 2.45) is 0 Å². The lowest BCUT2D eigenvalue weighted by Crippen LogP contribution is -2.07. The van der Waals surface area contributed by atoms with Crippen molar-refractivity contribution in [3.8, 4) is 5.75 Å². The highest BCUT2D eigenvalue weighted by atomic mass is 16.5. The summed E-state index contributed by atoms with van der Waals surface area (Å²) < 4.78 is 5.73. The van der Waals surface area contributed by atoms with Gasteiger partial charge in [0.2, 0.25) is 0 Å². The molecule has 0 aliphatic rings. The fraction of sp³-hybridized carbons (Fsp3) is 0.294. The first kappa shape index (κ1) is 13.5. The quantitative estimate of drug-likeness (QED) is 0.803. The predicted molar refractivity (Wildman–Crippen MR) is 80.9 cm³/mol. The van der Waals surface area contributed by atoms with Gasteiger partial charge in [-0.3, -0.25) is 0 Å². The summed E-state index contributed by atoms with van der Waals surface area (Å²) in [6, 6.07) is 18.6. The zero-order valence-electron chi connectivity index (χ0n) is 11.4. The maximum absolute atomic E-state index is 5.73. The summed E-state index contributed by atoms with van der Waals surface area (Å²) in [7, 11) is 0. The molecular formula is C17H21NO. The van der Waals surface area contributed by atoms with Crippen molar-refractivity contribution in [2.45, 2.75) is 19.8 Å². The monoisotopic (exact) mass is 255 g/mol. The Balaban J connectivity index is 1.88. The Labute approximate surface area is 115 Å². The number of hydrogen-bond donors (Lipinski definition) is 1. The molecule has 0 fully saturated rings. The molecule has 0 unspecified atom stereocenters. The van der Waals surface area contributed by atoms with E-state index < -0.39 is 0 Å². The van der Waals surface area contributed by atoms with Crippen molar-refractivity contribution in [2.75, 3.05) is 18.5 Å². The zero-order valence-corrected chi connectivity index (χ0v) is 11.4. The highest BCUT2D eigenvalue weighted by Gasteiger charge is 2.01. The molecule has 100 valence electrons. The lowest BCUT2D eigenvalue weighted by Gasteiger charge is -2.12. The Hall–Kier alpha value is -1.96. The minimum Gasteiger partial charge on any atom is -0.491 e. The average Bonchev–Trinajstić information content (AvgIpc) is 2.47. The molecule has 1 N–H and O–H groups in total. The van der Waals surface area contributed by atoms with Gasteiger partial charge in [-0.05, 0) is 30.5 Å². The van der Waals surface area contributed by atoms with Crippen LogP contribution >= 0.6 is 0 Å². The fourth-order valence-electron chi connectivity index (χ4n) is 1.94. The maximum atomic E-state index is 5.73. The molecule has 0 saturated carbocycles. The van der Waals surface area contributed by atoms with E-state index in [4.69, 9.17) is 4.74 Å². The van der Waals surface area contributed by atoms with Gasteiger partial charge < -0.3 is 10.1 Å². The minimum absolute atomic E-state index is 0.761. The van der Waals surface area contributed by atoms with Crippen molar-refractivity contribution in [3.05, 3.63) is 60.2 Å². The Morgan fingerprint density at radius 1 is 0.947 bits per heavy atom. The first-order valence-electron chi connectivity index (χ1n) is 6.90. The molecule has 2 heteroatoms. The second-order valence-corrected chi connectivity index (χ2v) is 4.51. The van der Waals surface area contributed by atoms with Crippen LogP contribution in [0.5, 0.6) is 5.75 Å². The number of para-hydroxylation sites is 2. The van der Waals surface area contributed by atoms with Crippen molar-refractivity contribution >= 4 is 5.69 Å². The lowest BCUT2D eigenvalue weighted by molar-refractivity contribution is 0.319. The van der Waals surface area contributed by atoms with Crippen LogP contribution in [0.3, 0.4) is 0 Å². The Bertz CT molecular complexity index is 482. The summed E-state index contributed by atoms with van der Waals surface area (Å²) in [4.78, 5) is 0. The first-order chi connectivity index (χ1) is 9.40. The molecule has 0 amide bonds. The van der Waals surface area contributed by atoms with Gasteiger partial charge in [0.1, 0.15) is 5.75 Å². The third-order valence-corrected chi connectivity index (χ3v) is 2.92. The van der Waals surface area contributed by atoms with E-state index in [0.717, 1.165) is 37.4 Å². The van der Waals surface area contributed by atoms with Crippen LogP contribution in [0.15, 0.2) is 54.6 Å². The van der Waals surface area contributed by atoms with E-state index >= 15 is 0 Å². The molecule has 2 rings (SSSR count). The summed E-state index contributed by atoms with van der Waals surface area (Å²) in [5.74, 6) is 0.942. The normalized spacial score (nSPS) is 10.2. The smallest absolute Gasteiger partial charge is 0.142 e. The average molecular weight is 255 g/mol. The van der Waals surface area contributed by atoms with Gasteiger partial charge in [-0.25, -0.2) is 0 Å². The number of rotatable bonds is 7. The summed E-state index contributed by atoms with van der Waals surface area (Å²) in [6.07, 6.45) is 2.04. The predicted octanol–water partition coefficient (Wildman–Crippen LogP) is 4.13. The largest absolute Gasteiger partial charge is 0.491 e. The van der Waals surface area contributed by atoms with E-state index in [1.54, 1.807) is 0 Å². The maximum Gasteiger partial charge on any atom is 0.142 e. The van der Waals surface area contributed by atoms with Gasteiger partial charge in [0.05, 0.1) is 12.3 Å². The molecule has 0 saturated heterocycles. The molecule has 0 aliphatic carbocycles. The van der Waals surface area contributed by atoms with Crippen LogP contribution in [0.2, 0.25) is 0 Å². The molecule has 0 atom stereocenters. The van der Waals surface area contributed by atoms with E-state index in [-0.39, 0.29) is 0 Å². The third kappa shape index (κ3) is 4.32. The molecule has 2 aromatic rings. The van der Waals surface area contributed by atoms with Crippen molar-refractivity contribution in [3.63, 3.8) is 0 Å². The van der Waals surface area contributed by atoms with Gasteiger partial charge in [0.25, 0.3) is 0 Å². The second-order valence-electron chi connectivity index (χ2n) is 4.51. The van der Waals surface area contributed by atoms with Crippen molar-refractivity contribution in [1.82, 2.24) is 0 Å². The summed E-state index contributed by atoms with van der Waals surface area (Å²) >= 11 is 0. The summed E-state index contributed by atoms with van der Waals surface area (Å²) in [5.41, 5.74) is 2.42. The molecule has 0 radical (unpaired) electrons. The van der Waals surface area contributed by atoms with E-state index in [9.17, 15) is 0 Å². The number of hydrogen-bond acceptors (Lipinski definition) is 2. The first-order valence-corrected chi connectivity index (χ1v) is 6.90. The molecule has 0 bridgehead atoms. The Morgan fingerprint density at radius 3 is 2.47 bits per heavy atom. The molecule has 2 aromatic carbocycles. The van der Waals surface area contributed by atoms with Crippen molar-refractivity contribution < 1.29 is 4.74 Å². The summed E-state index contributed by atoms with van der Waals surface area (Å²) in [6.45, 7) is 3.79. The molecular weight excluding hydrogens is 234 g/mol. The minimum atomic E-state index is 0.761. The van der Waals surface area contributed by atoms with E-state index in [0.29, 0.717) is 0 Å². The van der Waals surface area contributed by atoms with Gasteiger partial charge in [0.15, 0.2) is 0 Å². The van der Waals surface area contributed by atoms with E-state index in [1.807, 2.05) is 24.3 Å². The topological polar surface area (TPSA) is 21.3 Å². The number of anilines is 1. The standard InChI is InChI=1S/C17H21NO/c1-2-14-19-17-11-7-6-10-16(17)18-13-12-15-8-4-3-5-9-15/h3-11,18H,2,12-14H2,1H3. The molecule has 0 aliphatic heterocycles. The SMILES string of the molecule is CCCOc1ccccc1NCCc1ccccc1. The van der Waals surface area contributed by atoms with Gasteiger partial charge in [-0.2, -0.15) is 0 Å². The summed E-state index contributed by atoms with van der Waals surface area (Å²) in [5, 5.41) is 3.45. The Morgan fingerprint density at radius 2 is 1.68 bits per heavy atom. The van der Waals surface area contributed by atoms with Gasteiger partial charge >= 0.3 is 0 Å². The second kappa shape index (κ2) is 7.47. The van der Waals surface area contributed by atoms with Crippen LogP contribution in [-0.4, -0.2) is 13.2 Å². The van der Waals surface area contributed by atoms with Crippen LogP contribution in [0, 0.1) is 0 Å². The number of nitrogens with one attached hydrogen (secondary N) is 1. The molecule has 19 heavy (non-hydrogen) atoms.